The Labute approximate surface area is 241 Å². The molecule has 0 saturated heterocycles. The SMILES string of the molecule is Cl.Cl.Cl.O=S(=O)(c1cccc2cnccc12)N(CCNCC=Cc1ccc(Cl)cc1)Cc1cccnc1. The lowest BCUT2D eigenvalue weighted by molar-refractivity contribution is 0.402. The van der Waals surface area contributed by atoms with E-state index < -0.39 is 10.0 Å². The van der Waals surface area contributed by atoms with Crippen molar-refractivity contribution in [3.8, 4) is 0 Å². The minimum Gasteiger partial charge on any atom is -0.312 e. The van der Waals surface area contributed by atoms with Crippen LogP contribution in [0.3, 0.4) is 0 Å². The fourth-order valence-electron chi connectivity index (χ4n) is 3.59. The van der Waals surface area contributed by atoms with Crippen LogP contribution in [0, 0.1) is 0 Å². The van der Waals surface area contributed by atoms with Crippen LogP contribution in [0.4, 0.5) is 0 Å². The Morgan fingerprint density at radius 3 is 2.38 bits per heavy atom. The minimum absolute atomic E-state index is 0. The molecule has 0 bridgehead atoms. The zero-order valence-electron chi connectivity index (χ0n) is 19.7. The van der Waals surface area contributed by atoms with Gasteiger partial charge in [-0.1, -0.05) is 54.1 Å². The summed E-state index contributed by atoms with van der Waals surface area (Å²) in [6.45, 7) is 1.66. The molecule has 4 aromatic rings. The van der Waals surface area contributed by atoms with E-state index in [1.807, 2.05) is 54.6 Å². The van der Waals surface area contributed by atoms with Crippen LogP contribution in [0.15, 0.2) is 96.4 Å². The number of nitrogens with zero attached hydrogens (tertiary/aromatic N) is 3. The van der Waals surface area contributed by atoms with Crippen LogP contribution in [-0.4, -0.2) is 42.3 Å². The highest BCUT2D eigenvalue weighted by Crippen LogP contribution is 2.26. The van der Waals surface area contributed by atoms with Gasteiger partial charge in [-0.25, -0.2) is 8.42 Å². The third-order valence-corrected chi connectivity index (χ3v) is 7.48. The summed E-state index contributed by atoms with van der Waals surface area (Å²) >= 11 is 5.92. The summed E-state index contributed by atoms with van der Waals surface area (Å²) in [5.74, 6) is 0. The maximum atomic E-state index is 13.7. The quantitative estimate of drug-likeness (QED) is 0.224. The molecule has 2 aromatic heterocycles. The average molecular weight is 602 g/mol. The highest BCUT2D eigenvalue weighted by molar-refractivity contribution is 7.89. The van der Waals surface area contributed by atoms with E-state index in [9.17, 15) is 8.42 Å². The molecule has 6 nitrogen and oxygen atoms in total. The van der Waals surface area contributed by atoms with Gasteiger partial charge in [-0.05, 0) is 41.5 Å². The molecule has 0 aliphatic carbocycles. The van der Waals surface area contributed by atoms with Crippen LogP contribution in [0.25, 0.3) is 16.8 Å². The molecule has 0 fully saturated rings. The third kappa shape index (κ3) is 8.93. The zero-order chi connectivity index (χ0) is 23.8. The molecule has 0 radical (unpaired) electrons. The minimum atomic E-state index is -3.76. The fraction of sp³-hybridized carbons (Fsp3) is 0.154. The fourth-order valence-corrected chi connectivity index (χ4v) is 5.36. The number of hydrogen-bond donors (Lipinski definition) is 1. The Morgan fingerprint density at radius 1 is 0.892 bits per heavy atom. The summed E-state index contributed by atoms with van der Waals surface area (Å²) in [6.07, 6.45) is 10.7. The number of nitrogens with one attached hydrogen (secondary N) is 1. The van der Waals surface area contributed by atoms with E-state index in [0.717, 1.165) is 16.5 Å². The van der Waals surface area contributed by atoms with Gasteiger partial charge in [0.15, 0.2) is 0 Å². The zero-order valence-corrected chi connectivity index (χ0v) is 23.8. The second kappa shape index (κ2) is 15.9. The molecule has 0 aliphatic heterocycles. The predicted molar refractivity (Wildman–Crippen MR) is 159 cm³/mol. The maximum absolute atomic E-state index is 13.7. The molecule has 0 aliphatic rings. The van der Waals surface area contributed by atoms with Crippen molar-refractivity contribution in [1.82, 2.24) is 19.6 Å². The number of aromatic nitrogens is 2. The van der Waals surface area contributed by atoms with Gasteiger partial charge in [0, 0.05) is 66.8 Å². The normalized spacial score (nSPS) is 11.1. The van der Waals surface area contributed by atoms with Crippen LogP contribution in [-0.2, 0) is 16.6 Å². The number of rotatable bonds is 10. The molecule has 2 aromatic carbocycles. The molecule has 11 heteroatoms. The van der Waals surface area contributed by atoms with Crippen molar-refractivity contribution >= 4 is 75.7 Å². The third-order valence-electron chi connectivity index (χ3n) is 5.32. The largest absolute Gasteiger partial charge is 0.312 e. The molecule has 0 saturated carbocycles. The number of halogens is 4. The van der Waals surface area contributed by atoms with Gasteiger partial charge in [-0.2, -0.15) is 4.31 Å². The van der Waals surface area contributed by atoms with Crippen molar-refractivity contribution < 1.29 is 8.42 Å². The first-order chi connectivity index (χ1) is 16.5. The van der Waals surface area contributed by atoms with Gasteiger partial charge in [0.05, 0.1) is 4.90 Å². The molecule has 4 rings (SSSR count). The number of sulfonamides is 1. The van der Waals surface area contributed by atoms with E-state index in [0.29, 0.717) is 30.0 Å². The first-order valence-corrected chi connectivity index (χ1v) is 12.7. The number of benzene rings is 2. The molecular formula is C26H28Cl4N4O2S. The molecule has 0 spiro atoms. The van der Waals surface area contributed by atoms with E-state index in [1.165, 1.54) is 4.31 Å². The van der Waals surface area contributed by atoms with E-state index in [-0.39, 0.29) is 48.7 Å². The lowest BCUT2D eigenvalue weighted by Gasteiger charge is -2.23. The maximum Gasteiger partial charge on any atom is 0.244 e. The number of fused-ring (bicyclic) bond motifs is 1. The van der Waals surface area contributed by atoms with Crippen LogP contribution in [0.1, 0.15) is 11.1 Å². The average Bonchev–Trinajstić information content (AvgIpc) is 2.86. The van der Waals surface area contributed by atoms with Crippen molar-refractivity contribution in [2.75, 3.05) is 19.6 Å². The van der Waals surface area contributed by atoms with Gasteiger partial charge in [-0.3, -0.25) is 9.97 Å². The van der Waals surface area contributed by atoms with Gasteiger partial charge < -0.3 is 5.32 Å². The van der Waals surface area contributed by atoms with Crippen molar-refractivity contribution in [1.29, 1.82) is 0 Å². The standard InChI is InChI=1S/C26H25ClN4O2S.3ClH/c27-24-10-8-21(9-11-24)4-2-13-28-16-17-31(20-22-5-3-14-29-18-22)34(32,33)26-7-1-6-23-19-30-15-12-25(23)26;;;/h1-12,14-15,18-19,28H,13,16-17,20H2;3*1H. The van der Waals surface area contributed by atoms with Crippen LogP contribution in [0.2, 0.25) is 5.02 Å². The van der Waals surface area contributed by atoms with Gasteiger partial charge in [-0.15, -0.1) is 37.2 Å². The molecule has 2 heterocycles. The van der Waals surface area contributed by atoms with E-state index in [4.69, 9.17) is 11.6 Å². The first kappa shape index (κ1) is 32.8. The van der Waals surface area contributed by atoms with Gasteiger partial charge >= 0.3 is 0 Å². The Kier molecular flexibility index (Phi) is 14.1. The lowest BCUT2D eigenvalue weighted by Crippen LogP contribution is -2.36. The number of hydrogen-bond acceptors (Lipinski definition) is 5. The van der Waals surface area contributed by atoms with Crippen LogP contribution in [0.5, 0.6) is 0 Å². The smallest absolute Gasteiger partial charge is 0.244 e. The van der Waals surface area contributed by atoms with Gasteiger partial charge in [0.25, 0.3) is 0 Å². The Hall–Kier alpha value is -2.23. The van der Waals surface area contributed by atoms with Gasteiger partial charge in [0.1, 0.15) is 0 Å². The summed E-state index contributed by atoms with van der Waals surface area (Å²) in [5, 5.41) is 5.45. The topological polar surface area (TPSA) is 75.2 Å². The summed E-state index contributed by atoms with van der Waals surface area (Å²) < 4.78 is 28.9. The first-order valence-electron chi connectivity index (χ1n) is 10.9. The summed E-state index contributed by atoms with van der Waals surface area (Å²) in [7, 11) is -3.76. The molecule has 0 atom stereocenters. The molecule has 1 N–H and O–H groups in total. The Morgan fingerprint density at radius 2 is 1.65 bits per heavy atom. The van der Waals surface area contributed by atoms with E-state index >= 15 is 0 Å². The monoisotopic (exact) mass is 600 g/mol. The molecule has 0 unspecified atom stereocenters. The van der Waals surface area contributed by atoms with Crippen molar-refractivity contribution in [2.45, 2.75) is 11.4 Å². The highest BCUT2D eigenvalue weighted by atomic mass is 35.5. The summed E-state index contributed by atoms with van der Waals surface area (Å²) in [6, 6.07) is 18.3. The summed E-state index contributed by atoms with van der Waals surface area (Å²) in [5.41, 5.74) is 1.88. The van der Waals surface area contributed by atoms with Crippen LogP contribution >= 0.6 is 48.8 Å². The van der Waals surface area contributed by atoms with Gasteiger partial charge in [0.2, 0.25) is 10.0 Å². The van der Waals surface area contributed by atoms with Crippen LogP contribution < -0.4 is 5.32 Å². The Balaban J connectivity index is 0.00000228. The van der Waals surface area contributed by atoms with Crippen molar-refractivity contribution in [3.05, 3.63) is 108 Å². The van der Waals surface area contributed by atoms with E-state index in [2.05, 4.69) is 15.3 Å². The number of pyridine rings is 2. The summed E-state index contributed by atoms with van der Waals surface area (Å²) in [4.78, 5) is 8.52. The predicted octanol–water partition coefficient (Wildman–Crippen LogP) is 6.04. The second-order valence-electron chi connectivity index (χ2n) is 7.71. The second-order valence-corrected chi connectivity index (χ2v) is 10.1. The molecule has 198 valence electrons. The Bertz CT molecular complexity index is 1370. The molecular weight excluding hydrogens is 574 g/mol. The van der Waals surface area contributed by atoms with Crippen molar-refractivity contribution in [3.63, 3.8) is 0 Å². The molecule has 37 heavy (non-hydrogen) atoms. The van der Waals surface area contributed by atoms with Crippen molar-refractivity contribution in [2.24, 2.45) is 0 Å². The molecule has 0 amide bonds. The highest BCUT2D eigenvalue weighted by Gasteiger charge is 2.26. The van der Waals surface area contributed by atoms with E-state index in [1.54, 1.807) is 43.0 Å². The lowest BCUT2D eigenvalue weighted by atomic mass is 10.2.